The first-order chi connectivity index (χ1) is 8.55. The molecular formula is C14H25F2NO. The topological polar surface area (TPSA) is 21.3 Å². The highest BCUT2D eigenvalue weighted by Gasteiger charge is 2.42. The van der Waals surface area contributed by atoms with Crippen molar-refractivity contribution >= 4 is 0 Å². The summed E-state index contributed by atoms with van der Waals surface area (Å²) < 4.78 is 32.2. The smallest absolute Gasteiger partial charge is 0.248 e. The van der Waals surface area contributed by atoms with Crippen LogP contribution in [0.25, 0.3) is 0 Å². The number of hydrogen-bond donors (Lipinski definition) is 1. The molecule has 4 atom stereocenters. The Kier molecular flexibility index (Phi) is 4.59. The van der Waals surface area contributed by atoms with Crippen LogP contribution >= 0.6 is 0 Å². The lowest BCUT2D eigenvalue weighted by atomic mass is 9.85. The molecule has 18 heavy (non-hydrogen) atoms. The average molecular weight is 261 g/mol. The quantitative estimate of drug-likeness (QED) is 0.820. The molecule has 1 saturated heterocycles. The number of halogens is 2. The summed E-state index contributed by atoms with van der Waals surface area (Å²) in [5.74, 6) is -1.75. The molecule has 4 heteroatoms. The summed E-state index contributed by atoms with van der Waals surface area (Å²) in [6.45, 7) is 2.96. The predicted molar refractivity (Wildman–Crippen MR) is 67.9 cm³/mol. The Bertz CT molecular complexity index is 273. The predicted octanol–water partition coefficient (Wildman–Crippen LogP) is 3.22. The first-order valence-electron chi connectivity index (χ1n) is 7.22. The van der Waals surface area contributed by atoms with Gasteiger partial charge in [0.15, 0.2) is 0 Å². The molecule has 2 aliphatic rings. The molecule has 0 aromatic rings. The molecule has 106 valence electrons. The molecule has 0 spiro atoms. The van der Waals surface area contributed by atoms with Gasteiger partial charge in [-0.3, -0.25) is 0 Å². The van der Waals surface area contributed by atoms with E-state index in [0.717, 1.165) is 25.9 Å². The van der Waals surface area contributed by atoms with E-state index in [2.05, 4.69) is 12.2 Å². The van der Waals surface area contributed by atoms with Crippen LogP contribution in [0, 0.1) is 11.8 Å². The maximum atomic E-state index is 13.2. The van der Waals surface area contributed by atoms with Gasteiger partial charge in [0.1, 0.15) is 0 Å². The summed E-state index contributed by atoms with van der Waals surface area (Å²) in [4.78, 5) is 0. The van der Waals surface area contributed by atoms with Gasteiger partial charge < -0.3 is 10.1 Å². The van der Waals surface area contributed by atoms with Crippen molar-refractivity contribution in [1.82, 2.24) is 5.32 Å². The first-order valence-corrected chi connectivity index (χ1v) is 7.22. The van der Waals surface area contributed by atoms with E-state index in [1.165, 1.54) is 0 Å². The van der Waals surface area contributed by atoms with Crippen molar-refractivity contribution in [3.8, 4) is 0 Å². The van der Waals surface area contributed by atoms with Crippen LogP contribution in [-0.4, -0.2) is 31.7 Å². The first kappa shape index (κ1) is 14.2. The maximum absolute atomic E-state index is 13.2. The Labute approximate surface area is 108 Å². The zero-order valence-corrected chi connectivity index (χ0v) is 11.4. The summed E-state index contributed by atoms with van der Waals surface area (Å²) in [5.41, 5.74) is 0. The van der Waals surface area contributed by atoms with Crippen LogP contribution in [0.15, 0.2) is 0 Å². The zero-order chi connectivity index (χ0) is 13.2. The molecule has 2 nitrogen and oxygen atoms in total. The Balaban J connectivity index is 1.89. The number of alkyl halides is 2. The van der Waals surface area contributed by atoms with E-state index in [4.69, 9.17) is 4.74 Å². The molecule has 1 saturated carbocycles. The molecule has 2 rings (SSSR count). The van der Waals surface area contributed by atoms with E-state index in [9.17, 15) is 8.78 Å². The minimum Gasteiger partial charge on any atom is -0.378 e. The van der Waals surface area contributed by atoms with Gasteiger partial charge in [-0.2, -0.15) is 0 Å². The lowest BCUT2D eigenvalue weighted by Crippen LogP contribution is -2.39. The molecule has 0 amide bonds. The van der Waals surface area contributed by atoms with Gasteiger partial charge in [-0.05, 0) is 38.6 Å². The summed E-state index contributed by atoms with van der Waals surface area (Å²) in [7, 11) is 1.95. The summed E-state index contributed by atoms with van der Waals surface area (Å²) in [5, 5.41) is 3.34. The van der Waals surface area contributed by atoms with E-state index in [0.29, 0.717) is 24.5 Å². The Morgan fingerprint density at radius 1 is 1.39 bits per heavy atom. The van der Waals surface area contributed by atoms with Gasteiger partial charge in [-0.1, -0.05) is 6.92 Å². The molecule has 0 aromatic carbocycles. The Morgan fingerprint density at radius 3 is 2.72 bits per heavy atom. The molecule has 0 bridgehead atoms. The lowest BCUT2D eigenvalue weighted by Gasteiger charge is -2.29. The van der Waals surface area contributed by atoms with Gasteiger partial charge in [0.05, 0.1) is 6.10 Å². The molecule has 1 heterocycles. The SMILES string of the molecule is CCC1OCCC1C(CC1CCC(F)(F)C1)NC. The number of ether oxygens (including phenoxy) is 1. The standard InChI is InChI=1S/C14H25F2NO/c1-3-13-11(5-7-18-13)12(17-2)8-10-4-6-14(15,16)9-10/h10-13,17H,3-9H2,1-2H3. The van der Waals surface area contributed by atoms with Crippen LogP contribution in [0.2, 0.25) is 0 Å². The highest BCUT2D eigenvalue weighted by atomic mass is 19.3. The van der Waals surface area contributed by atoms with Crippen molar-refractivity contribution in [2.24, 2.45) is 11.8 Å². The van der Waals surface area contributed by atoms with Crippen LogP contribution in [0.5, 0.6) is 0 Å². The van der Waals surface area contributed by atoms with Gasteiger partial charge in [-0.15, -0.1) is 0 Å². The molecule has 0 aromatic heterocycles. The Hall–Kier alpha value is -0.220. The van der Waals surface area contributed by atoms with Crippen LogP contribution in [0.3, 0.4) is 0 Å². The van der Waals surface area contributed by atoms with Gasteiger partial charge in [0, 0.05) is 31.4 Å². The minimum absolute atomic E-state index is 0.0759. The van der Waals surface area contributed by atoms with Crippen molar-refractivity contribution in [2.75, 3.05) is 13.7 Å². The van der Waals surface area contributed by atoms with Crippen LogP contribution in [-0.2, 0) is 4.74 Å². The number of hydrogen-bond acceptors (Lipinski definition) is 2. The van der Waals surface area contributed by atoms with Gasteiger partial charge in [-0.25, -0.2) is 8.78 Å². The third-order valence-corrected chi connectivity index (χ3v) is 4.64. The van der Waals surface area contributed by atoms with Crippen LogP contribution < -0.4 is 5.32 Å². The molecule has 2 fully saturated rings. The van der Waals surface area contributed by atoms with E-state index < -0.39 is 5.92 Å². The zero-order valence-electron chi connectivity index (χ0n) is 11.4. The monoisotopic (exact) mass is 261 g/mol. The summed E-state index contributed by atoms with van der Waals surface area (Å²) in [6, 6.07) is 0.330. The van der Waals surface area contributed by atoms with E-state index >= 15 is 0 Å². The highest BCUT2D eigenvalue weighted by molar-refractivity contribution is 4.90. The van der Waals surface area contributed by atoms with Crippen LogP contribution in [0.4, 0.5) is 8.78 Å². The average Bonchev–Trinajstić information content (AvgIpc) is 2.92. The van der Waals surface area contributed by atoms with E-state index in [1.54, 1.807) is 0 Å². The third kappa shape index (κ3) is 3.21. The van der Waals surface area contributed by atoms with Crippen molar-refractivity contribution in [3.05, 3.63) is 0 Å². The van der Waals surface area contributed by atoms with Crippen molar-refractivity contribution in [1.29, 1.82) is 0 Å². The fraction of sp³-hybridized carbons (Fsp3) is 1.00. The lowest BCUT2D eigenvalue weighted by molar-refractivity contribution is 0.00367. The van der Waals surface area contributed by atoms with Gasteiger partial charge >= 0.3 is 0 Å². The van der Waals surface area contributed by atoms with E-state index in [1.807, 2.05) is 7.05 Å². The number of rotatable bonds is 5. The van der Waals surface area contributed by atoms with E-state index in [-0.39, 0.29) is 18.8 Å². The van der Waals surface area contributed by atoms with Gasteiger partial charge in [0.25, 0.3) is 0 Å². The second-order valence-electron chi connectivity index (χ2n) is 5.87. The second-order valence-corrected chi connectivity index (χ2v) is 5.87. The molecule has 1 aliphatic heterocycles. The fourth-order valence-corrected chi connectivity index (χ4v) is 3.65. The maximum Gasteiger partial charge on any atom is 0.248 e. The van der Waals surface area contributed by atoms with Crippen LogP contribution in [0.1, 0.15) is 45.4 Å². The molecule has 1 N–H and O–H groups in total. The largest absolute Gasteiger partial charge is 0.378 e. The normalized spacial score (nSPS) is 37.0. The third-order valence-electron chi connectivity index (χ3n) is 4.64. The Morgan fingerprint density at radius 2 is 2.17 bits per heavy atom. The van der Waals surface area contributed by atoms with Crippen molar-refractivity contribution in [2.45, 2.75) is 63.5 Å². The summed E-state index contributed by atoms with van der Waals surface area (Å²) in [6.07, 6.45) is 4.09. The molecular weight excluding hydrogens is 236 g/mol. The molecule has 1 aliphatic carbocycles. The second kappa shape index (κ2) is 5.83. The molecule has 4 unspecified atom stereocenters. The minimum atomic E-state index is -2.42. The van der Waals surface area contributed by atoms with Gasteiger partial charge in [0.2, 0.25) is 5.92 Å². The number of nitrogens with one attached hydrogen (secondary N) is 1. The molecule has 0 radical (unpaired) electrons. The fourth-order valence-electron chi connectivity index (χ4n) is 3.65. The highest BCUT2D eigenvalue weighted by Crippen LogP contribution is 2.42. The summed E-state index contributed by atoms with van der Waals surface area (Å²) >= 11 is 0. The van der Waals surface area contributed by atoms with Crippen molar-refractivity contribution in [3.63, 3.8) is 0 Å². The van der Waals surface area contributed by atoms with Crippen molar-refractivity contribution < 1.29 is 13.5 Å².